The van der Waals surface area contributed by atoms with Crippen LogP contribution >= 0.6 is 0 Å². The van der Waals surface area contributed by atoms with Gasteiger partial charge in [0.2, 0.25) is 0 Å². The molecule has 0 aromatic rings. The minimum Gasteiger partial charge on any atom is -0.499 e. The normalized spacial score (nSPS) is 13.3. The first-order valence-electron chi connectivity index (χ1n) is 4.65. The van der Waals surface area contributed by atoms with Gasteiger partial charge in [-0.15, -0.1) is 0 Å². The Bertz CT molecular complexity index is 166. The Labute approximate surface area is 76.1 Å². The Kier molecular flexibility index (Phi) is 6.54. The van der Waals surface area contributed by atoms with Crippen LogP contribution in [0.4, 0.5) is 0 Å². The van der Waals surface area contributed by atoms with Gasteiger partial charge in [0, 0.05) is 0 Å². The highest BCUT2D eigenvalue weighted by Gasteiger charge is 1.85. The smallest absolute Gasteiger partial charge is 0.0892 e. The van der Waals surface area contributed by atoms with Crippen LogP contribution < -0.4 is 0 Å². The molecule has 0 amide bonds. The van der Waals surface area contributed by atoms with E-state index in [0.29, 0.717) is 0 Å². The van der Waals surface area contributed by atoms with Crippen molar-refractivity contribution in [2.75, 3.05) is 6.61 Å². The predicted molar refractivity (Wildman–Crippen MR) is 54.0 cm³/mol. The summed E-state index contributed by atoms with van der Waals surface area (Å²) in [5.74, 6) is 1.03. The van der Waals surface area contributed by atoms with Crippen molar-refractivity contribution in [1.82, 2.24) is 0 Å². The molecule has 0 N–H and O–H groups in total. The summed E-state index contributed by atoms with van der Waals surface area (Å²) < 4.78 is 5.29. The standard InChI is InChI=1S/C11H20O/c1-5-10(3)8-7-9-11(4)12-6-2/h8-9H,5-7H2,1-4H3/b10-8+,11-9+. The molecular weight excluding hydrogens is 148 g/mol. The zero-order valence-corrected chi connectivity index (χ0v) is 8.68. The van der Waals surface area contributed by atoms with E-state index >= 15 is 0 Å². The maximum atomic E-state index is 5.29. The number of hydrogen-bond acceptors (Lipinski definition) is 1. The van der Waals surface area contributed by atoms with Crippen LogP contribution in [0.1, 0.15) is 40.5 Å². The third kappa shape index (κ3) is 6.02. The SMILES string of the molecule is CCO/C(C)=C/C/C=C(\C)CC. The molecule has 0 bridgehead atoms. The van der Waals surface area contributed by atoms with Gasteiger partial charge < -0.3 is 4.74 Å². The summed E-state index contributed by atoms with van der Waals surface area (Å²) in [6.07, 6.45) is 6.48. The second kappa shape index (κ2) is 6.96. The fourth-order valence-electron chi connectivity index (χ4n) is 0.857. The third-order valence-corrected chi connectivity index (χ3v) is 1.80. The Hall–Kier alpha value is -0.720. The monoisotopic (exact) mass is 168 g/mol. The number of allylic oxidation sites excluding steroid dienone is 4. The summed E-state index contributed by atoms with van der Waals surface area (Å²) in [6.45, 7) is 9.09. The summed E-state index contributed by atoms with van der Waals surface area (Å²) in [7, 11) is 0. The van der Waals surface area contributed by atoms with E-state index in [-0.39, 0.29) is 0 Å². The van der Waals surface area contributed by atoms with E-state index in [2.05, 4.69) is 26.0 Å². The molecule has 0 aliphatic carbocycles. The summed E-state index contributed by atoms with van der Waals surface area (Å²) in [5, 5.41) is 0. The molecule has 0 aliphatic rings. The van der Waals surface area contributed by atoms with Gasteiger partial charge in [-0.2, -0.15) is 0 Å². The lowest BCUT2D eigenvalue weighted by molar-refractivity contribution is 0.230. The lowest BCUT2D eigenvalue weighted by atomic mass is 10.2. The summed E-state index contributed by atoms with van der Waals surface area (Å²) >= 11 is 0. The zero-order valence-electron chi connectivity index (χ0n) is 8.68. The minimum atomic E-state index is 0.763. The molecule has 0 aromatic heterocycles. The highest BCUT2D eigenvalue weighted by Crippen LogP contribution is 2.03. The Morgan fingerprint density at radius 2 is 1.83 bits per heavy atom. The fourth-order valence-corrected chi connectivity index (χ4v) is 0.857. The first-order chi connectivity index (χ1) is 5.70. The molecule has 1 nitrogen and oxygen atoms in total. The van der Waals surface area contributed by atoms with E-state index in [9.17, 15) is 0 Å². The van der Waals surface area contributed by atoms with Gasteiger partial charge in [0.1, 0.15) is 0 Å². The van der Waals surface area contributed by atoms with Gasteiger partial charge in [-0.25, -0.2) is 0 Å². The highest BCUT2D eigenvalue weighted by molar-refractivity contribution is 5.02. The van der Waals surface area contributed by atoms with E-state index in [1.54, 1.807) is 0 Å². The van der Waals surface area contributed by atoms with Gasteiger partial charge in [0.05, 0.1) is 12.4 Å². The molecule has 70 valence electrons. The summed E-state index contributed by atoms with van der Waals surface area (Å²) in [5.41, 5.74) is 1.44. The van der Waals surface area contributed by atoms with Crippen LogP contribution in [0.15, 0.2) is 23.5 Å². The predicted octanol–water partition coefficient (Wildman–Crippen LogP) is 3.67. The van der Waals surface area contributed by atoms with Crippen molar-refractivity contribution in [1.29, 1.82) is 0 Å². The minimum absolute atomic E-state index is 0.763. The van der Waals surface area contributed by atoms with Crippen molar-refractivity contribution < 1.29 is 4.74 Å². The summed E-state index contributed by atoms with van der Waals surface area (Å²) in [6, 6.07) is 0. The Balaban J connectivity index is 3.72. The number of ether oxygens (including phenoxy) is 1. The van der Waals surface area contributed by atoms with Crippen molar-refractivity contribution in [2.24, 2.45) is 0 Å². The zero-order chi connectivity index (χ0) is 9.40. The summed E-state index contributed by atoms with van der Waals surface area (Å²) in [4.78, 5) is 0. The van der Waals surface area contributed by atoms with E-state index in [1.807, 2.05) is 13.8 Å². The van der Waals surface area contributed by atoms with Crippen LogP contribution in [0, 0.1) is 0 Å². The van der Waals surface area contributed by atoms with Gasteiger partial charge in [-0.05, 0) is 39.7 Å². The van der Waals surface area contributed by atoms with Crippen LogP contribution in [0.3, 0.4) is 0 Å². The van der Waals surface area contributed by atoms with Crippen LogP contribution in [-0.4, -0.2) is 6.61 Å². The molecule has 0 aromatic carbocycles. The molecule has 0 saturated heterocycles. The van der Waals surface area contributed by atoms with E-state index in [4.69, 9.17) is 4.74 Å². The molecule has 0 spiro atoms. The molecule has 0 unspecified atom stereocenters. The van der Waals surface area contributed by atoms with E-state index in [0.717, 1.165) is 25.2 Å². The van der Waals surface area contributed by atoms with Crippen LogP contribution in [0.5, 0.6) is 0 Å². The van der Waals surface area contributed by atoms with E-state index in [1.165, 1.54) is 5.57 Å². The molecular formula is C11H20O. The maximum Gasteiger partial charge on any atom is 0.0892 e. The molecule has 1 heteroatoms. The lowest BCUT2D eigenvalue weighted by Gasteiger charge is -2.00. The average Bonchev–Trinajstić information content (AvgIpc) is 2.04. The molecule has 0 saturated carbocycles. The van der Waals surface area contributed by atoms with Crippen molar-refractivity contribution in [3.05, 3.63) is 23.5 Å². The van der Waals surface area contributed by atoms with Crippen molar-refractivity contribution in [2.45, 2.75) is 40.5 Å². The van der Waals surface area contributed by atoms with E-state index < -0.39 is 0 Å². The van der Waals surface area contributed by atoms with Gasteiger partial charge >= 0.3 is 0 Å². The molecule has 0 fully saturated rings. The lowest BCUT2D eigenvalue weighted by Crippen LogP contribution is -1.85. The fraction of sp³-hybridized carbons (Fsp3) is 0.636. The molecule has 0 radical (unpaired) electrons. The second-order valence-corrected chi connectivity index (χ2v) is 2.89. The Morgan fingerprint density at radius 3 is 2.33 bits per heavy atom. The van der Waals surface area contributed by atoms with Crippen LogP contribution in [-0.2, 0) is 4.74 Å². The van der Waals surface area contributed by atoms with Crippen molar-refractivity contribution >= 4 is 0 Å². The number of hydrogen-bond donors (Lipinski definition) is 0. The van der Waals surface area contributed by atoms with Crippen LogP contribution in [0.2, 0.25) is 0 Å². The Morgan fingerprint density at radius 1 is 1.17 bits per heavy atom. The largest absolute Gasteiger partial charge is 0.499 e. The molecule has 0 heterocycles. The molecule has 0 aliphatic heterocycles. The van der Waals surface area contributed by atoms with Crippen molar-refractivity contribution in [3.63, 3.8) is 0 Å². The molecule has 12 heavy (non-hydrogen) atoms. The molecule has 0 atom stereocenters. The molecule has 0 rings (SSSR count). The van der Waals surface area contributed by atoms with Crippen molar-refractivity contribution in [3.8, 4) is 0 Å². The van der Waals surface area contributed by atoms with Crippen LogP contribution in [0.25, 0.3) is 0 Å². The first kappa shape index (κ1) is 11.3. The number of rotatable bonds is 5. The maximum absolute atomic E-state index is 5.29. The topological polar surface area (TPSA) is 9.23 Å². The van der Waals surface area contributed by atoms with Gasteiger partial charge in [-0.1, -0.05) is 18.6 Å². The first-order valence-corrected chi connectivity index (χ1v) is 4.65. The van der Waals surface area contributed by atoms with Gasteiger partial charge in [-0.3, -0.25) is 0 Å². The quantitative estimate of drug-likeness (QED) is 0.449. The third-order valence-electron chi connectivity index (χ3n) is 1.80. The average molecular weight is 168 g/mol. The second-order valence-electron chi connectivity index (χ2n) is 2.89. The van der Waals surface area contributed by atoms with Gasteiger partial charge in [0.15, 0.2) is 0 Å². The van der Waals surface area contributed by atoms with Gasteiger partial charge in [0.25, 0.3) is 0 Å². The highest BCUT2D eigenvalue weighted by atomic mass is 16.5.